The molecule has 0 atom stereocenters. The zero-order valence-corrected chi connectivity index (χ0v) is 9.01. The summed E-state index contributed by atoms with van der Waals surface area (Å²) in [4.78, 5) is 10.4. The van der Waals surface area contributed by atoms with Gasteiger partial charge in [-0.2, -0.15) is 0 Å². The van der Waals surface area contributed by atoms with Crippen LogP contribution in [-0.2, 0) is 6.54 Å². The minimum absolute atomic E-state index is 0.108. The summed E-state index contributed by atoms with van der Waals surface area (Å²) in [6.07, 6.45) is 3.59. The summed E-state index contributed by atoms with van der Waals surface area (Å²) in [5, 5.41) is 11.6. The van der Waals surface area contributed by atoms with E-state index in [0.29, 0.717) is 0 Å². The Morgan fingerprint density at radius 1 is 1.56 bits per heavy atom. The topological polar surface area (TPSA) is 48.1 Å². The minimum atomic E-state index is -0.379. The van der Waals surface area contributed by atoms with Gasteiger partial charge < -0.3 is 4.57 Å². The van der Waals surface area contributed by atoms with Gasteiger partial charge in [0.2, 0.25) is 0 Å². The molecule has 0 aliphatic heterocycles. The van der Waals surface area contributed by atoms with Crippen molar-refractivity contribution in [2.75, 3.05) is 0 Å². The van der Waals surface area contributed by atoms with Crippen molar-refractivity contribution in [3.63, 3.8) is 0 Å². The molecule has 4 heteroatoms. The Labute approximate surface area is 93.0 Å². The van der Waals surface area contributed by atoms with Crippen LogP contribution in [0.1, 0.15) is 12.5 Å². The molecule has 0 fully saturated rings. The number of rotatable bonds is 3. The normalized spacial score (nSPS) is 10.6. The lowest BCUT2D eigenvalue weighted by atomic mass is 10.1. The molecule has 1 aromatic carbocycles. The highest BCUT2D eigenvalue weighted by Crippen LogP contribution is 2.27. The Bertz CT molecular complexity index is 570. The lowest BCUT2D eigenvalue weighted by molar-refractivity contribution is -0.384. The van der Waals surface area contributed by atoms with Gasteiger partial charge in [-0.1, -0.05) is 12.7 Å². The van der Waals surface area contributed by atoms with Gasteiger partial charge in [-0.05, 0) is 13.0 Å². The van der Waals surface area contributed by atoms with E-state index in [1.807, 2.05) is 19.2 Å². The van der Waals surface area contributed by atoms with Gasteiger partial charge in [0.25, 0.3) is 5.69 Å². The van der Waals surface area contributed by atoms with Gasteiger partial charge in [0.05, 0.1) is 10.4 Å². The van der Waals surface area contributed by atoms with Crippen molar-refractivity contribution in [2.45, 2.75) is 13.5 Å². The predicted octanol–water partition coefficient (Wildman–Crippen LogP) is 3.21. The van der Waals surface area contributed by atoms with E-state index in [1.165, 1.54) is 0 Å². The van der Waals surface area contributed by atoms with Crippen molar-refractivity contribution in [1.29, 1.82) is 0 Å². The Morgan fingerprint density at radius 2 is 2.31 bits per heavy atom. The second-order valence-electron chi connectivity index (χ2n) is 3.54. The molecule has 0 radical (unpaired) electrons. The first-order chi connectivity index (χ1) is 7.67. The number of nitrogens with zero attached hydrogens (tertiary/aromatic N) is 2. The number of benzene rings is 1. The van der Waals surface area contributed by atoms with Crippen LogP contribution >= 0.6 is 0 Å². The molecule has 82 valence electrons. The maximum Gasteiger partial charge on any atom is 0.270 e. The highest BCUT2D eigenvalue weighted by molar-refractivity contribution is 5.90. The third-order valence-electron chi connectivity index (χ3n) is 2.65. The maximum absolute atomic E-state index is 10.8. The summed E-state index contributed by atoms with van der Waals surface area (Å²) in [5.74, 6) is 0. The van der Waals surface area contributed by atoms with Gasteiger partial charge in [-0.3, -0.25) is 10.1 Å². The lowest BCUT2D eigenvalue weighted by Gasteiger charge is -2.04. The van der Waals surface area contributed by atoms with E-state index in [4.69, 9.17) is 0 Å². The van der Waals surface area contributed by atoms with Crippen LogP contribution in [0.25, 0.3) is 17.0 Å². The number of aromatic nitrogens is 1. The van der Waals surface area contributed by atoms with Crippen molar-refractivity contribution < 1.29 is 4.92 Å². The van der Waals surface area contributed by atoms with Crippen molar-refractivity contribution in [2.24, 2.45) is 0 Å². The average Bonchev–Trinajstić information content (AvgIpc) is 2.70. The van der Waals surface area contributed by atoms with Crippen LogP contribution < -0.4 is 0 Å². The average molecular weight is 216 g/mol. The van der Waals surface area contributed by atoms with Crippen LogP contribution in [0.15, 0.2) is 31.0 Å². The molecule has 0 N–H and O–H groups in total. The maximum atomic E-state index is 10.8. The highest BCUT2D eigenvalue weighted by Gasteiger charge is 2.12. The first-order valence-corrected chi connectivity index (χ1v) is 5.07. The van der Waals surface area contributed by atoms with Crippen molar-refractivity contribution in [3.05, 3.63) is 46.7 Å². The molecule has 0 saturated carbocycles. The predicted molar refractivity (Wildman–Crippen MR) is 64.4 cm³/mol. The van der Waals surface area contributed by atoms with Gasteiger partial charge in [-0.15, -0.1) is 0 Å². The summed E-state index contributed by atoms with van der Waals surface area (Å²) in [6.45, 7) is 6.57. The quantitative estimate of drug-likeness (QED) is 0.584. The molecule has 0 spiro atoms. The fourth-order valence-corrected chi connectivity index (χ4v) is 1.89. The van der Waals surface area contributed by atoms with Gasteiger partial charge in [0, 0.05) is 35.8 Å². The molecule has 0 aliphatic rings. The van der Waals surface area contributed by atoms with E-state index in [0.717, 1.165) is 23.0 Å². The number of aryl methyl sites for hydroxylation is 1. The van der Waals surface area contributed by atoms with Gasteiger partial charge in [0.1, 0.15) is 0 Å². The SMILES string of the molecule is C=Cc1cc([N+](=O)[O-])cc2ccn(CC)c12. The molecule has 0 aliphatic carbocycles. The van der Waals surface area contributed by atoms with E-state index >= 15 is 0 Å². The van der Waals surface area contributed by atoms with E-state index in [-0.39, 0.29) is 10.6 Å². The van der Waals surface area contributed by atoms with Crippen molar-refractivity contribution in [3.8, 4) is 0 Å². The molecular formula is C12H12N2O2. The highest BCUT2D eigenvalue weighted by atomic mass is 16.6. The Kier molecular flexibility index (Phi) is 2.48. The Morgan fingerprint density at radius 3 is 2.88 bits per heavy atom. The van der Waals surface area contributed by atoms with E-state index in [2.05, 4.69) is 11.1 Å². The van der Waals surface area contributed by atoms with Crippen LogP contribution in [0, 0.1) is 10.1 Å². The first-order valence-electron chi connectivity index (χ1n) is 5.07. The molecule has 0 unspecified atom stereocenters. The second kappa shape index (κ2) is 3.81. The fourth-order valence-electron chi connectivity index (χ4n) is 1.89. The molecule has 0 saturated heterocycles. The Balaban J connectivity index is 2.80. The monoisotopic (exact) mass is 216 g/mol. The largest absolute Gasteiger partial charge is 0.347 e. The van der Waals surface area contributed by atoms with Gasteiger partial charge in [0.15, 0.2) is 0 Å². The van der Waals surface area contributed by atoms with Gasteiger partial charge in [-0.25, -0.2) is 0 Å². The third-order valence-corrected chi connectivity index (χ3v) is 2.65. The van der Waals surface area contributed by atoms with Gasteiger partial charge >= 0.3 is 0 Å². The molecule has 1 aromatic heterocycles. The third kappa shape index (κ3) is 1.48. The van der Waals surface area contributed by atoms with E-state index < -0.39 is 0 Å². The van der Waals surface area contributed by atoms with Crippen LogP contribution in [0.5, 0.6) is 0 Å². The summed E-state index contributed by atoms with van der Waals surface area (Å²) >= 11 is 0. The number of nitro groups is 1. The van der Waals surface area contributed by atoms with E-state index in [1.54, 1.807) is 18.2 Å². The minimum Gasteiger partial charge on any atom is -0.347 e. The summed E-state index contributed by atoms with van der Waals surface area (Å²) in [6, 6.07) is 5.04. The summed E-state index contributed by atoms with van der Waals surface area (Å²) in [7, 11) is 0. The number of nitro benzene ring substituents is 1. The smallest absolute Gasteiger partial charge is 0.270 e. The van der Waals surface area contributed by atoms with Crippen LogP contribution in [0.3, 0.4) is 0 Å². The molecular weight excluding hydrogens is 204 g/mol. The van der Waals surface area contributed by atoms with Crippen LogP contribution in [0.4, 0.5) is 5.69 Å². The lowest BCUT2D eigenvalue weighted by Crippen LogP contribution is -1.94. The number of non-ortho nitro benzene ring substituents is 1. The number of hydrogen-bond donors (Lipinski definition) is 0. The van der Waals surface area contributed by atoms with Crippen LogP contribution in [-0.4, -0.2) is 9.49 Å². The molecule has 0 bridgehead atoms. The van der Waals surface area contributed by atoms with Crippen molar-refractivity contribution >= 4 is 22.7 Å². The number of fused-ring (bicyclic) bond motifs is 1. The van der Waals surface area contributed by atoms with Crippen molar-refractivity contribution in [1.82, 2.24) is 4.57 Å². The molecule has 1 heterocycles. The zero-order chi connectivity index (χ0) is 11.7. The summed E-state index contributed by atoms with van der Waals surface area (Å²) in [5.41, 5.74) is 1.91. The molecule has 2 rings (SSSR count). The first kappa shape index (κ1) is 10.4. The second-order valence-corrected chi connectivity index (χ2v) is 3.54. The zero-order valence-electron chi connectivity index (χ0n) is 9.01. The molecule has 0 amide bonds. The standard InChI is InChI=1S/C12H12N2O2/c1-3-9-7-11(14(15)16)8-10-5-6-13(4-2)12(9)10/h3,5-8H,1,4H2,2H3. The Hall–Kier alpha value is -2.10. The molecule has 2 aromatic rings. The molecule has 4 nitrogen and oxygen atoms in total. The molecule has 16 heavy (non-hydrogen) atoms. The van der Waals surface area contributed by atoms with Crippen LogP contribution in [0.2, 0.25) is 0 Å². The van der Waals surface area contributed by atoms with E-state index in [9.17, 15) is 10.1 Å². The fraction of sp³-hybridized carbons (Fsp3) is 0.167. The summed E-state index contributed by atoms with van der Waals surface area (Å²) < 4.78 is 2.05. The number of hydrogen-bond acceptors (Lipinski definition) is 2.